The van der Waals surface area contributed by atoms with Crippen LogP contribution >= 0.6 is 11.5 Å². The molecule has 0 aliphatic carbocycles. The lowest BCUT2D eigenvalue weighted by atomic mass is 9.95. The third-order valence-electron chi connectivity index (χ3n) is 4.90. The summed E-state index contributed by atoms with van der Waals surface area (Å²) in [6, 6.07) is 15.5. The van der Waals surface area contributed by atoms with Gasteiger partial charge in [0, 0.05) is 46.8 Å². The van der Waals surface area contributed by atoms with Gasteiger partial charge in [-0.2, -0.15) is 4.37 Å². The number of rotatable bonds is 5. The lowest BCUT2D eigenvalue weighted by Gasteiger charge is -2.21. The average Bonchev–Trinajstić information content (AvgIpc) is 3.16. The van der Waals surface area contributed by atoms with Gasteiger partial charge in [-0.15, -0.1) is 0 Å². The first-order valence-electron chi connectivity index (χ1n) is 9.51. The van der Waals surface area contributed by atoms with E-state index in [1.165, 1.54) is 0 Å². The van der Waals surface area contributed by atoms with Crippen molar-refractivity contribution >= 4 is 22.3 Å². The molecule has 4 rings (SSSR count). The highest BCUT2D eigenvalue weighted by Gasteiger charge is 2.19. The van der Waals surface area contributed by atoms with Gasteiger partial charge < -0.3 is 10.3 Å². The van der Waals surface area contributed by atoms with Crippen molar-refractivity contribution in [2.24, 2.45) is 11.7 Å². The third-order valence-corrected chi connectivity index (χ3v) is 5.44. The number of aromatic amines is 1. The molecule has 0 atom stereocenters. The van der Waals surface area contributed by atoms with Gasteiger partial charge in [-0.1, -0.05) is 50.2 Å². The van der Waals surface area contributed by atoms with Crippen LogP contribution in [0.5, 0.6) is 0 Å². The van der Waals surface area contributed by atoms with Crippen molar-refractivity contribution in [3.63, 3.8) is 0 Å². The molecule has 0 unspecified atom stereocenters. The van der Waals surface area contributed by atoms with Crippen LogP contribution < -0.4 is 16.2 Å². The van der Waals surface area contributed by atoms with E-state index >= 15 is 0 Å². The van der Waals surface area contributed by atoms with E-state index in [0.717, 1.165) is 39.3 Å². The molecule has 29 heavy (non-hydrogen) atoms. The van der Waals surface area contributed by atoms with Gasteiger partial charge in [-0.3, -0.25) is 14.6 Å². The van der Waals surface area contributed by atoms with E-state index in [1.54, 1.807) is 4.57 Å². The predicted molar refractivity (Wildman–Crippen MR) is 118 cm³/mol. The van der Waals surface area contributed by atoms with E-state index < -0.39 is 0 Å². The second-order valence-electron chi connectivity index (χ2n) is 7.41. The molecule has 0 aliphatic rings. The zero-order chi connectivity index (χ0) is 20.5. The number of aromatic nitrogens is 3. The fourth-order valence-corrected chi connectivity index (χ4v) is 4.16. The molecule has 0 bridgehead atoms. The molecule has 0 amide bonds. The summed E-state index contributed by atoms with van der Waals surface area (Å²) in [5.41, 5.74) is 9.63. The van der Waals surface area contributed by atoms with Crippen molar-refractivity contribution in [3.8, 4) is 22.5 Å². The number of hydrogen-bond acceptors (Lipinski definition) is 5. The Morgan fingerprint density at radius 1 is 1.07 bits per heavy atom. The molecule has 7 heteroatoms. The first-order valence-corrected chi connectivity index (χ1v) is 10.3. The van der Waals surface area contributed by atoms with Crippen molar-refractivity contribution in [1.29, 1.82) is 0 Å². The third kappa shape index (κ3) is 3.54. The van der Waals surface area contributed by atoms with E-state index in [4.69, 9.17) is 5.73 Å². The Morgan fingerprint density at radius 3 is 2.45 bits per heavy atom. The summed E-state index contributed by atoms with van der Waals surface area (Å²) in [5, 5.41) is 1.44. The highest BCUT2D eigenvalue weighted by atomic mass is 32.1. The molecule has 0 radical (unpaired) electrons. The molecule has 2 aromatic carbocycles. The van der Waals surface area contributed by atoms with Crippen LogP contribution in [0.15, 0.2) is 58.1 Å². The molecule has 4 aromatic rings. The Hall–Kier alpha value is -3.03. The van der Waals surface area contributed by atoms with Gasteiger partial charge in [0.25, 0.3) is 5.56 Å². The van der Waals surface area contributed by atoms with Crippen LogP contribution in [-0.2, 0) is 13.1 Å². The van der Waals surface area contributed by atoms with E-state index in [0.29, 0.717) is 23.7 Å². The second-order valence-corrected chi connectivity index (χ2v) is 8.14. The van der Waals surface area contributed by atoms with Crippen molar-refractivity contribution in [3.05, 3.63) is 74.2 Å². The largest absolute Gasteiger partial charge is 0.325 e. The Bertz CT molecular complexity index is 1290. The number of nitrogens with one attached hydrogen (secondary N) is 1. The summed E-state index contributed by atoms with van der Waals surface area (Å²) in [6.07, 6.45) is 0. The van der Waals surface area contributed by atoms with E-state index in [1.807, 2.05) is 48.5 Å². The minimum Gasteiger partial charge on any atom is -0.325 e. The highest BCUT2D eigenvalue weighted by Crippen LogP contribution is 2.33. The Kier molecular flexibility index (Phi) is 5.17. The molecule has 148 valence electrons. The summed E-state index contributed by atoms with van der Waals surface area (Å²) in [6.45, 7) is 5.02. The standard InChI is InChI=1S/C22H22N4O2S/c1-13(2)12-26-18(11-23)19(14-6-4-3-5-7-14)17-10-15(8-9-16(17)21(26)27)20-24-22(28)29-25-20/h3-10,13H,11-12,23H2,1-2H3,(H,24,25,28). The Balaban J connectivity index is 2.11. The molecule has 0 saturated carbocycles. The normalized spacial score (nSPS) is 11.4. The number of benzene rings is 2. The van der Waals surface area contributed by atoms with Crippen LogP contribution in [-0.4, -0.2) is 13.9 Å². The number of fused-ring (bicyclic) bond motifs is 1. The van der Waals surface area contributed by atoms with Gasteiger partial charge in [-0.25, -0.2) is 0 Å². The van der Waals surface area contributed by atoms with Crippen molar-refractivity contribution in [2.75, 3.05) is 0 Å². The monoisotopic (exact) mass is 406 g/mol. The van der Waals surface area contributed by atoms with Crippen LogP contribution in [0.25, 0.3) is 33.3 Å². The van der Waals surface area contributed by atoms with E-state index in [2.05, 4.69) is 23.2 Å². The fourth-order valence-electron chi connectivity index (χ4n) is 3.69. The minimum absolute atomic E-state index is 0.0489. The molecule has 3 N–H and O–H groups in total. The predicted octanol–water partition coefficient (Wildman–Crippen LogP) is 3.60. The van der Waals surface area contributed by atoms with Crippen LogP contribution in [0.3, 0.4) is 0 Å². The zero-order valence-corrected chi connectivity index (χ0v) is 17.1. The van der Waals surface area contributed by atoms with E-state index in [9.17, 15) is 9.59 Å². The number of nitrogens with zero attached hydrogens (tertiary/aromatic N) is 2. The molecule has 0 fully saturated rings. The zero-order valence-electron chi connectivity index (χ0n) is 16.3. The molecule has 0 aliphatic heterocycles. The molecular formula is C22H22N4O2S. The Labute approximate surface area is 171 Å². The van der Waals surface area contributed by atoms with Gasteiger partial charge in [-0.05, 0) is 29.0 Å². The molecule has 2 heterocycles. The molecular weight excluding hydrogens is 384 g/mol. The molecule has 0 saturated heterocycles. The minimum atomic E-state index is -0.210. The average molecular weight is 407 g/mol. The quantitative estimate of drug-likeness (QED) is 0.530. The summed E-state index contributed by atoms with van der Waals surface area (Å²) in [5.74, 6) is 0.806. The van der Waals surface area contributed by atoms with Crippen LogP contribution in [0.4, 0.5) is 0 Å². The van der Waals surface area contributed by atoms with Gasteiger partial charge in [0.05, 0.1) is 0 Å². The number of pyridine rings is 1. The SMILES string of the molecule is CC(C)Cn1c(CN)c(-c2ccccc2)c2cc(-c3nsc(=O)[nH]3)ccc2c1=O. The van der Waals surface area contributed by atoms with Gasteiger partial charge >= 0.3 is 4.87 Å². The summed E-state index contributed by atoms with van der Waals surface area (Å²) in [4.78, 5) is 27.4. The fraction of sp³-hybridized carbons (Fsp3) is 0.227. The number of hydrogen-bond donors (Lipinski definition) is 2. The van der Waals surface area contributed by atoms with Gasteiger partial charge in [0.15, 0.2) is 5.82 Å². The highest BCUT2D eigenvalue weighted by molar-refractivity contribution is 7.03. The molecule has 2 aromatic heterocycles. The smallest absolute Gasteiger partial charge is 0.323 e. The molecule has 0 spiro atoms. The summed E-state index contributed by atoms with van der Waals surface area (Å²) in [7, 11) is 0. The second kappa shape index (κ2) is 7.77. The van der Waals surface area contributed by atoms with Gasteiger partial charge in [0.2, 0.25) is 0 Å². The lowest BCUT2D eigenvalue weighted by Crippen LogP contribution is -2.28. The van der Waals surface area contributed by atoms with E-state index in [-0.39, 0.29) is 17.0 Å². The van der Waals surface area contributed by atoms with Crippen molar-refractivity contribution in [2.45, 2.75) is 26.9 Å². The summed E-state index contributed by atoms with van der Waals surface area (Å²) >= 11 is 0.878. The van der Waals surface area contributed by atoms with Crippen molar-refractivity contribution in [1.82, 2.24) is 13.9 Å². The first-order chi connectivity index (χ1) is 14.0. The summed E-state index contributed by atoms with van der Waals surface area (Å²) < 4.78 is 5.99. The number of nitrogens with two attached hydrogens (primary N) is 1. The topological polar surface area (TPSA) is 93.8 Å². The maximum atomic E-state index is 13.3. The van der Waals surface area contributed by atoms with Gasteiger partial charge in [0.1, 0.15) is 0 Å². The van der Waals surface area contributed by atoms with Crippen LogP contribution in [0.1, 0.15) is 19.5 Å². The molecule has 6 nitrogen and oxygen atoms in total. The maximum absolute atomic E-state index is 13.3. The lowest BCUT2D eigenvalue weighted by molar-refractivity contribution is 0.499. The van der Waals surface area contributed by atoms with Crippen LogP contribution in [0.2, 0.25) is 0 Å². The number of H-pyrrole nitrogens is 1. The Morgan fingerprint density at radius 2 is 1.83 bits per heavy atom. The van der Waals surface area contributed by atoms with Crippen molar-refractivity contribution < 1.29 is 0 Å². The first kappa shape index (κ1) is 19.3. The maximum Gasteiger partial charge on any atom is 0.323 e. The van der Waals surface area contributed by atoms with Crippen LogP contribution in [0, 0.1) is 5.92 Å².